The average Bonchev–Trinajstić information content (AvgIpc) is 2.06. The molecule has 0 radical (unpaired) electrons. The Kier molecular flexibility index (Phi) is 3.67. The van der Waals surface area contributed by atoms with Crippen molar-refractivity contribution in [1.29, 1.82) is 0 Å². The summed E-state index contributed by atoms with van der Waals surface area (Å²) in [6, 6.07) is 3.09. The Labute approximate surface area is 91.8 Å². The number of halogens is 3. The van der Waals surface area contributed by atoms with E-state index in [9.17, 15) is 17.2 Å². The highest BCUT2D eigenvalue weighted by atomic mass is 35.5. The molecule has 6 heteroatoms. The van der Waals surface area contributed by atoms with Gasteiger partial charge in [0.1, 0.15) is 9.84 Å². The summed E-state index contributed by atoms with van der Waals surface area (Å²) in [5, 5.41) is -0.866. The van der Waals surface area contributed by atoms with Crippen LogP contribution in [0.3, 0.4) is 0 Å². The molecule has 2 nitrogen and oxygen atoms in total. The van der Waals surface area contributed by atoms with Crippen molar-refractivity contribution in [3.63, 3.8) is 0 Å². The number of hydrogen-bond donors (Lipinski definition) is 0. The quantitative estimate of drug-likeness (QED) is 0.776. The number of alkyl halides is 1. The Hall–Kier alpha value is -0.680. The topological polar surface area (TPSA) is 34.1 Å². The molecule has 0 aliphatic carbocycles. The highest BCUT2D eigenvalue weighted by molar-refractivity contribution is 7.90. The van der Waals surface area contributed by atoms with Crippen molar-refractivity contribution in [2.24, 2.45) is 0 Å². The fourth-order valence-corrected chi connectivity index (χ4v) is 2.62. The van der Waals surface area contributed by atoms with E-state index in [0.29, 0.717) is 0 Å². The van der Waals surface area contributed by atoms with Gasteiger partial charge in [0, 0.05) is 6.26 Å². The van der Waals surface area contributed by atoms with Crippen LogP contribution in [0.1, 0.15) is 10.9 Å². The van der Waals surface area contributed by atoms with E-state index in [2.05, 4.69) is 0 Å². The van der Waals surface area contributed by atoms with E-state index in [1.165, 1.54) is 6.07 Å². The highest BCUT2D eigenvalue weighted by Gasteiger charge is 2.16. The molecule has 1 aromatic rings. The molecule has 0 aliphatic rings. The minimum absolute atomic E-state index is 0.251. The van der Waals surface area contributed by atoms with E-state index in [0.717, 1.165) is 18.4 Å². The van der Waals surface area contributed by atoms with E-state index in [-0.39, 0.29) is 11.3 Å². The molecule has 0 bridgehead atoms. The minimum Gasteiger partial charge on any atom is -0.229 e. The van der Waals surface area contributed by atoms with Gasteiger partial charge in [-0.25, -0.2) is 17.2 Å². The van der Waals surface area contributed by atoms with Gasteiger partial charge in [0.2, 0.25) is 0 Å². The Morgan fingerprint density at radius 1 is 1.33 bits per heavy atom. The third kappa shape index (κ3) is 3.76. The molecular weight excluding hydrogens is 246 g/mol. The van der Waals surface area contributed by atoms with E-state index in [1.54, 1.807) is 0 Å². The number of rotatable bonds is 3. The van der Waals surface area contributed by atoms with E-state index < -0.39 is 26.8 Å². The molecule has 1 aromatic carbocycles. The number of hydrogen-bond acceptors (Lipinski definition) is 2. The van der Waals surface area contributed by atoms with E-state index in [4.69, 9.17) is 11.6 Å². The predicted molar refractivity (Wildman–Crippen MR) is 54.7 cm³/mol. The summed E-state index contributed by atoms with van der Waals surface area (Å²) >= 11 is 5.75. The van der Waals surface area contributed by atoms with Crippen LogP contribution in [0.2, 0.25) is 0 Å². The monoisotopic (exact) mass is 254 g/mol. The molecular formula is C9H9ClF2O2S. The SMILES string of the molecule is CS(=O)(=O)CC(Cl)c1ccc(F)c(F)c1. The Balaban J connectivity index is 2.92. The van der Waals surface area contributed by atoms with Gasteiger partial charge in [0.25, 0.3) is 0 Å². The van der Waals surface area contributed by atoms with Gasteiger partial charge < -0.3 is 0 Å². The molecule has 0 saturated heterocycles. The molecule has 0 fully saturated rings. The van der Waals surface area contributed by atoms with Crippen molar-refractivity contribution >= 4 is 21.4 Å². The lowest BCUT2D eigenvalue weighted by atomic mass is 10.1. The lowest BCUT2D eigenvalue weighted by Crippen LogP contribution is -2.09. The second kappa shape index (κ2) is 4.45. The summed E-state index contributed by atoms with van der Waals surface area (Å²) in [6.07, 6.45) is 1.03. The van der Waals surface area contributed by atoms with Crippen LogP contribution in [-0.4, -0.2) is 20.4 Å². The molecule has 84 valence electrons. The fourth-order valence-electron chi connectivity index (χ4n) is 1.07. The van der Waals surface area contributed by atoms with Crippen molar-refractivity contribution in [2.45, 2.75) is 5.38 Å². The normalized spacial score (nSPS) is 13.9. The first kappa shape index (κ1) is 12.4. The highest BCUT2D eigenvalue weighted by Crippen LogP contribution is 2.23. The first-order chi connectivity index (χ1) is 6.79. The summed E-state index contributed by atoms with van der Waals surface area (Å²) in [7, 11) is -3.24. The van der Waals surface area contributed by atoms with Crippen LogP contribution in [0, 0.1) is 11.6 Å². The summed E-state index contributed by atoms with van der Waals surface area (Å²) in [6.45, 7) is 0. The van der Waals surface area contributed by atoms with Gasteiger partial charge in [-0.05, 0) is 17.7 Å². The molecule has 0 aromatic heterocycles. The predicted octanol–water partition coefficient (Wildman–Crippen LogP) is 2.29. The summed E-state index contributed by atoms with van der Waals surface area (Å²) in [4.78, 5) is 0. The van der Waals surface area contributed by atoms with Crippen molar-refractivity contribution in [3.8, 4) is 0 Å². The van der Waals surface area contributed by atoms with E-state index in [1.807, 2.05) is 0 Å². The van der Waals surface area contributed by atoms with Gasteiger partial charge in [-0.15, -0.1) is 11.6 Å². The van der Waals surface area contributed by atoms with Gasteiger partial charge >= 0.3 is 0 Å². The van der Waals surface area contributed by atoms with Crippen LogP contribution in [0.25, 0.3) is 0 Å². The molecule has 1 rings (SSSR count). The van der Waals surface area contributed by atoms with Gasteiger partial charge in [0.15, 0.2) is 11.6 Å². The van der Waals surface area contributed by atoms with Gasteiger partial charge in [-0.2, -0.15) is 0 Å². The van der Waals surface area contributed by atoms with Crippen LogP contribution in [-0.2, 0) is 9.84 Å². The van der Waals surface area contributed by atoms with E-state index >= 15 is 0 Å². The smallest absolute Gasteiger partial charge is 0.159 e. The fraction of sp³-hybridized carbons (Fsp3) is 0.333. The van der Waals surface area contributed by atoms with Crippen LogP contribution in [0.15, 0.2) is 18.2 Å². The lowest BCUT2D eigenvalue weighted by Gasteiger charge is -2.08. The maximum Gasteiger partial charge on any atom is 0.159 e. The number of sulfone groups is 1. The third-order valence-corrected chi connectivity index (χ3v) is 3.28. The summed E-state index contributed by atoms with van der Waals surface area (Å²) in [5.74, 6) is -2.33. The van der Waals surface area contributed by atoms with Crippen molar-refractivity contribution in [1.82, 2.24) is 0 Å². The molecule has 15 heavy (non-hydrogen) atoms. The molecule has 0 aliphatic heterocycles. The van der Waals surface area contributed by atoms with Crippen LogP contribution >= 0.6 is 11.6 Å². The maximum absolute atomic E-state index is 12.8. The molecule has 1 unspecified atom stereocenters. The lowest BCUT2D eigenvalue weighted by molar-refractivity contribution is 0.507. The van der Waals surface area contributed by atoms with Gasteiger partial charge in [-0.3, -0.25) is 0 Å². The zero-order chi connectivity index (χ0) is 11.6. The summed E-state index contributed by atoms with van der Waals surface area (Å²) in [5.41, 5.74) is 0.251. The Morgan fingerprint density at radius 2 is 1.93 bits per heavy atom. The first-order valence-electron chi connectivity index (χ1n) is 4.06. The van der Waals surface area contributed by atoms with Crippen LogP contribution < -0.4 is 0 Å². The molecule has 1 atom stereocenters. The van der Waals surface area contributed by atoms with Gasteiger partial charge in [0.05, 0.1) is 11.1 Å². The minimum atomic E-state index is -3.24. The van der Waals surface area contributed by atoms with Crippen LogP contribution in [0.5, 0.6) is 0 Å². The van der Waals surface area contributed by atoms with Crippen molar-refractivity contribution < 1.29 is 17.2 Å². The van der Waals surface area contributed by atoms with Crippen molar-refractivity contribution in [2.75, 3.05) is 12.0 Å². The summed E-state index contributed by atoms with van der Waals surface area (Å²) < 4.78 is 47.2. The maximum atomic E-state index is 12.8. The molecule has 0 heterocycles. The van der Waals surface area contributed by atoms with Crippen LogP contribution in [0.4, 0.5) is 8.78 Å². The largest absolute Gasteiger partial charge is 0.229 e. The Morgan fingerprint density at radius 3 is 2.40 bits per heavy atom. The molecule has 0 N–H and O–H groups in total. The zero-order valence-electron chi connectivity index (χ0n) is 7.88. The Bertz CT molecular complexity index is 459. The average molecular weight is 255 g/mol. The number of benzene rings is 1. The van der Waals surface area contributed by atoms with Gasteiger partial charge in [-0.1, -0.05) is 6.07 Å². The molecule has 0 saturated carbocycles. The first-order valence-corrected chi connectivity index (χ1v) is 6.56. The second-order valence-corrected chi connectivity index (χ2v) is 5.95. The third-order valence-electron chi connectivity index (χ3n) is 1.75. The molecule has 0 amide bonds. The zero-order valence-corrected chi connectivity index (χ0v) is 9.45. The molecule has 0 spiro atoms. The standard InChI is InChI=1S/C9H9ClF2O2S/c1-15(13,14)5-7(10)6-2-3-8(11)9(12)4-6/h2-4,7H,5H2,1H3. The second-order valence-electron chi connectivity index (χ2n) is 3.23. The van der Waals surface area contributed by atoms with Crippen molar-refractivity contribution in [3.05, 3.63) is 35.4 Å².